The zero-order chi connectivity index (χ0) is 21.1. The van der Waals surface area contributed by atoms with Crippen molar-refractivity contribution in [2.24, 2.45) is 0 Å². The Morgan fingerprint density at radius 2 is 1.70 bits per heavy atom. The zero-order valence-electron chi connectivity index (χ0n) is 17.1. The van der Waals surface area contributed by atoms with Crippen LogP contribution >= 0.6 is 0 Å². The van der Waals surface area contributed by atoms with Gasteiger partial charge in [-0.2, -0.15) is 5.01 Å². The predicted octanol–water partition coefficient (Wildman–Crippen LogP) is 1.19. The largest absolute Gasteiger partial charge is 0.508 e. The fraction of sp³-hybridized carbons (Fsp3) is 0.571. The monoisotopic (exact) mass is 415 g/mol. The highest BCUT2D eigenvalue weighted by molar-refractivity contribution is 6.08. The summed E-state index contributed by atoms with van der Waals surface area (Å²) in [6.07, 6.45) is 4.37. The van der Waals surface area contributed by atoms with Crippen molar-refractivity contribution >= 4 is 23.5 Å². The van der Waals surface area contributed by atoms with Gasteiger partial charge in [-0.1, -0.05) is 19.3 Å². The van der Waals surface area contributed by atoms with Crippen molar-refractivity contribution in [1.82, 2.24) is 20.7 Å². The molecule has 1 saturated carbocycles. The predicted molar refractivity (Wildman–Crippen MR) is 111 cm³/mol. The van der Waals surface area contributed by atoms with Gasteiger partial charge in [-0.3, -0.25) is 19.9 Å². The van der Waals surface area contributed by atoms with E-state index in [2.05, 4.69) is 20.5 Å². The number of anilines is 1. The Balaban J connectivity index is 1.22. The number of hydrogen-bond acceptors (Lipinski definition) is 6. The first-order valence-corrected chi connectivity index (χ1v) is 10.7. The van der Waals surface area contributed by atoms with Gasteiger partial charge in [0.2, 0.25) is 5.91 Å². The van der Waals surface area contributed by atoms with E-state index in [4.69, 9.17) is 0 Å². The van der Waals surface area contributed by atoms with Crippen molar-refractivity contribution in [2.45, 2.75) is 44.1 Å². The molecule has 0 atom stereocenters. The van der Waals surface area contributed by atoms with Gasteiger partial charge in [-0.25, -0.2) is 4.79 Å². The number of imide groups is 1. The van der Waals surface area contributed by atoms with Crippen molar-refractivity contribution < 1.29 is 19.5 Å². The Labute approximate surface area is 176 Å². The van der Waals surface area contributed by atoms with Gasteiger partial charge < -0.3 is 15.3 Å². The second kappa shape index (κ2) is 8.51. The summed E-state index contributed by atoms with van der Waals surface area (Å²) in [7, 11) is 0. The molecule has 2 saturated heterocycles. The minimum Gasteiger partial charge on any atom is -0.508 e. The number of hydrogen-bond donors (Lipinski definition) is 3. The number of carbonyl (C=O) groups excluding carboxylic acids is 3. The molecule has 3 fully saturated rings. The van der Waals surface area contributed by atoms with Crippen LogP contribution in [0.3, 0.4) is 0 Å². The van der Waals surface area contributed by atoms with Crippen molar-refractivity contribution in [1.29, 1.82) is 0 Å². The number of rotatable bonds is 5. The van der Waals surface area contributed by atoms with E-state index >= 15 is 0 Å². The number of aromatic hydroxyl groups is 1. The summed E-state index contributed by atoms with van der Waals surface area (Å²) in [4.78, 5) is 41.8. The summed E-state index contributed by atoms with van der Waals surface area (Å²) >= 11 is 0. The first-order chi connectivity index (χ1) is 14.5. The van der Waals surface area contributed by atoms with Crippen molar-refractivity contribution in [3.05, 3.63) is 24.3 Å². The van der Waals surface area contributed by atoms with Gasteiger partial charge in [-0.05, 0) is 37.1 Å². The number of benzene rings is 1. The van der Waals surface area contributed by atoms with Crippen molar-refractivity contribution in [2.75, 3.05) is 37.6 Å². The van der Waals surface area contributed by atoms with E-state index in [9.17, 15) is 19.5 Å². The minimum absolute atomic E-state index is 0.225. The molecule has 2 aliphatic heterocycles. The van der Waals surface area contributed by atoms with Crippen LogP contribution in [0.15, 0.2) is 24.3 Å². The molecule has 1 aromatic carbocycles. The normalized spacial score (nSPS) is 21.7. The van der Waals surface area contributed by atoms with Gasteiger partial charge in [0.1, 0.15) is 11.3 Å². The number of carbonyl (C=O) groups is 3. The smallest absolute Gasteiger partial charge is 0.344 e. The standard InChI is InChI=1S/C21H29N5O4/c27-17-6-4-16(5-7-17)25-14-12-24(13-15-25)11-8-18(28)23-26-19(29)21(22-20(26)30)9-2-1-3-10-21/h4-7,27H,1-3,8-15H2,(H,22,30)(H,23,28). The number of nitrogens with zero attached hydrogens (tertiary/aromatic N) is 3. The maximum absolute atomic E-state index is 12.7. The molecule has 4 amide bonds. The van der Waals surface area contributed by atoms with Gasteiger partial charge in [0.15, 0.2) is 0 Å². The van der Waals surface area contributed by atoms with E-state index in [0.29, 0.717) is 19.4 Å². The van der Waals surface area contributed by atoms with E-state index in [1.807, 2.05) is 12.1 Å². The van der Waals surface area contributed by atoms with E-state index in [0.717, 1.165) is 56.1 Å². The fourth-order valence-electron chi connectivity index (χ4n) is 4.55. The van der Waals surface area contributed by atoms with Crippen LogP contribution in [0.1, 0.15) is 38.5 Å². The summed E-state index contributed by atoms with van der Waals surface area (Å²) in [5.74, 6) is -0.404. The molecular formula is C21H29N5O4. The summed E-state index contributed by atoms with van der Waals surface area (Å²) in [6, 6.07) is 6.63. The van der Waals surface area contributed by atoms with Crippen LogP contribution in [-0.4, -0.2) is 71.1 Å². The zero-order valence-corrected chi connectivity index (χ0v) is 17.1. The summed E-state index contributed by atoms with van der Waals surface area (Å²) in [6.45, 7) is 3.88. The van der Waals surface area contributed by atoms with E-state index in [-0.39, 0.29) is 24.0 Å². The molecule has 2 heterocycles. The molecule has 162 valence electrons. The SMILES string of the molecule is O=C(CCN1CCN(c2ccc(O)cc2)CC1)NN1C(=O)NC2(CCCCC2)C1=O. The highest BCUT2D eigenvalue weighted by atomic mass is 16.3. The van der Waals surface area contributed by atoms with Crippen LogP contribution in [0.2, 0.25) is 0 Å². The van der Waals surface area contributed by atoms with Crippen LogP contribution in [-0.2, 0) is 9.59 Å². The summed E-state index contributed by atoms with van der Waals surface area (Å²) in [5, 5.41) is 13.1. The first-order valence-electron chi connectivity index (χ1n) is 10.7. The van der Waals surface area contributed by atoms with Gasteiger partial charge in [0, 0.05) is 44.8 Å². The number of piperazine rings is 1. The Hall–Kier alpha value is -2.81. The van der Waals surface area contributed by atoms with Gasteiger partial charge in [0.25, 0.3) is 5.91 Å². The first kappa shape index (κ1) is 20.5. The Bertz CT molecular complexity index is 798. The molecule has 30 heavy (non-hydrogen) atoms. The summed E-state index contributed by atoms with van der Waals surface area (Å²) < 4.78 is 0. The Morgan fingerprint density at radius 3 is 2.37 bits per heavy atom. The number of nitrogens with one attached hydrogen (secondary N) is 2. The highest BCUT2D eigenvalue weighted by Crippen LogP contribution is 2.33. The average molecular weight is 415 g/mol. The van der Waals surface area contributed by atoms with E-state index in [1.54, 1.807) is 12.1 Å². The van der Waals surface area contributed by atoms with E-state index < -0.39 is 11.6 Å². The molecule has 1 spiro atoms. The molecule has 1 aromatic rings. The number of urea groups is 1. The van der Waals surface area contributed by atoms with Gasteiger partial charge >= 0.3 is 6.03 Å². The molecule has 0 unspecified atom stereocenters. The second-order valence-corrected chi connectivity index (χ2v) is 8.34. The van der Waals surface area contributed by atoms with Crippen LogP contribution < -0.4 is 15.6 Å². The highest BCUT2D eigenvalue weighted by Gasteiger charge is 2.52. The number of phenols is 1. The van der Waals surface area contributed by atoms with Crippen LogP contribution in [0.4, 0.5) is 10.5 Å². The van der Waals surface area contributed by atoms with Crippen LogP contribution in [0, 0.1) is 0 Å². The molecule has 4 rings (SSSR count). The lowest BCUT2D eigenvalue weighted by Crippen LogP contribution is -2.51. The third kappa shape index (κ3) is 4.21. The Morgan fingerprint density at radius 1 is 1.03 bits per heavy atom. The number of amides is 4. The van der Waals surface area contributed by atoms with Crippen molar-refractivity contribution in [3.63, 3.8) is 0 Å². The van der Waals surface area contributed by atoms with Gasteiger partial charge in [-0.15, -0.1) is 0 Å². The molecule has 3 N–H and O–H groups in total. The molecule has 9 heteroatoms. The molecule has 9 nitrogen and oxygen atoms in total. The lowest BCUT2D eigenvalue weighted by Gasteiger charge is -2.36. The number of phenolic OH excluding ortho intramolecular Hbond substituents is 1. The molecule has 1 aliphatic carbocycles. The van der Waals surface area contributed by atoms with Crippen LogP contribution in [0.5, 0.6) is 5.75 Å². The molecule has 3 aliphatic rings. The maximum Gasteiger partial charge on any atom is 0.344 e. The fourth-order valence-corrected chi connectivity index (χ4v) is 4.55. The van der Waals surface area contributed by atoms with Crippen LogP contribution in [0.25, 0.3) is 0 Å². The maximum atomic E-state index is 12.7. The lowest BCUT2D eigenvalue weighted by atomic mass is 9.82. The minimum atomic E-state index is -0.826. The average Bonchev–Trinajstić information content (AvgIpc) is 2.97. The third-order valence-electron chi connectivity index (χ3n) is 6.35. The molecule has 0 bridgehead atoms. The van der Waals surface area contributed by atoms with E-state index in [1.165, 1.54) is 0 Å². The topological polar surface area (TPSA) is 105 Å². The summed E-state index contributed by atoms with van der Waals surface area (Å²) in [5.41, 5.74) is 2.75. The molecular weight excluding hydrogens is 386 g/mol. The van der Waals surface area contributed by atoms with Gasteiger partial charge in [0.05, 0.1) is 0 Å². The Kier molecular flexibility index (Phi) is 5.80. The number of hydrazine groups is 1. The molecule has 0 aromatic heterocycles. The second-order valence-electron chi connectivity index (χ2n) is 8.34. The quantitative estimate of drug-likeness (QED) is 0.624. The lowest BCUT2D eigenvalue weighted by molar-refractivity contribution is -0.140. The molecule has 0 radical (unpaired) electrons. The van der Waals surface area contributed by atoms with Crippen molar-refractivity contribution in [3.8, 4) is 5.75 Å². The third-order valence-corrected chi connectivity index (χ3v) is 6.35.